The maximum absolute atomic E-state index is 12.1. The Morgan fingerprint density at radius 3 is 1.93 bits per heavy atom. The van der Waals surface area contributed by atoms with Crippen LogP contribution in [-0.2, 0) is 0 Å². The Bertz CT molecular complexity index is 174. The molecule has 0 aromatic heterocycles. The van der Waals surface area contributed by atoms with E-state index >= 15 is 0 Å². The summed E-state index contributed by atoms with van der Waals surface area (Å²) < 4.78 is 36.2. The zero-order valence-electron chi connectivity index (χ0n) is 9.19. The summed E-state index contributed by atoms with van der Waals surface area (Å²) in [7, 11) is 0. The summed E-state index contributed by atoms with van der Waals surface area (Å²) in [5, 5.41) is 0. The molecule has 1 aliphatic heterocycles. The Kier molecular flexibility index (Phi) is 6.27. The number of piperidine rings is 1. The molecular formula is C8H16BF3KN. The first-order chi connectivity index (χ1) is 5.79. The van der Waals surface area contributed by atoms with Crippen LogP contribution in [-0.4, -0.2) is 31.4 Å². The molecule has 0 aromatic rings. The molecule has 0 aliphatic carbocycles. The van der Waals surface area contributed by atoms with Crippen LogP contribution in [0.15, 0.2) is 0 Å². The Balaban J connectivity index is 0.00000169. The number of halogens is 3. The van der Waals surface area contributed by atoms with Crippen LogP contribution in [0.1, 0.15) is 26.7 Å². The Morgan fingerprint density at radius 2 is 1.57 bits per heavy atom. The van der Waals surface area contributed by atoms with Gasteiger partial charge in [-0.05, 0) is 37.8 Å². The topological polar surface area (TPSA) is 3.24 Å². The maximum Gasteiger partial charge on any atom is 1.00 e. The molecule has 1 aliphatic rings. The molecule has 0 atom stereocenters. The van der Waals surface area contributed by atoms with Gasteiger partial charge >= 0.3 is 58.4 Å². The predicted molar refractivity (Wildman–Crippen MR) is 48.5 cm³/mol. The normalized spacial score (nSPS) is 22.9. The van der Waals surface area contributed by atoms with Crippen molar-refractivity contribution in [1.82, 2.24) is 4.90 Å². The van der Waals surface area contributed by atoms with Crippen LogP contribution in [0.4, 0.5) is 12.9 Å². The van der Waals surface area contributed by atoms with E-state index in [9.17, 15) is 12.9 Å². The average molecular weight is 233 g/mol. The first kappa shape index (κ1) is 15.5. The second kappa shape index (κ2) is 5.68. The van der Waals surface area contributed by atoms with Crippen LogP contribution >= 0.6 is 0 Å². The number of rotatable bonds is 2. The second-order valence-corrected chi connectivity index (χ2v) is 4.68. The molecule has 0 spiro atoms. The molecule has 0 saturated carbocycles. The van der Waals surface area contributed by atoms with Gasteiger partial charge in [-0.2, -0.15) is 0 Å². The van der Waals surface area contributed by atoms with Crippen LogP contribution in [0.2, 0.25) is 0 Å². The zero-order valence-corrected chi connectivity index (χ0v) is 12.3. The van der Waals surface area contributed by atoms with E-state index in [1.54, 1.807) is 0 Å². The van der Waals surface area contributed by atoms with E-state index in [0.29, 0.717) is 13.1 Å². The summed E-state index contributed by atoms with van der Waals surface area (Å²) in [6.45, 7) is 0.775. The third-order valence-electron chi connectivity index (χ3n) is 2.67. The van der Waals surface area contributed by atoms with E-state index in [1.807, 2.05) is 0 Å². The fourth-order valence-corrected chi connectivity index (χ4v) is 1.63. The van der Waals surface area contributed by atoms with Crippen molar-refractivity contribution >= 4 is 6.98 Å². The van der Waals surface area contributed by atoms with E-state index in [1.165, 1.54) is 4.90 Å². The molecule has 1 heterocycles. The molecule has 0 aromatic carbocycles. The maximum atomic E-state index is 12.1. The molecule has 0 radical (unpaired) electrons. The largest absolute Gasteiger partial charge is 1.00 e. The van der Waals surface area contributed by atoms with Gasteiger partial charge in [-0.3, -0.25) is 0 Å². The summed E-state index contributed by atoms with van der Waals surface area (Å²) >= 11 is 0. The van der Waals surface area contributed by atoms with Crippen molar-refractivity contribution in [2.75, 3.05) is 19.5 Å². The average Bonchev–Trinajstić information content (AvgIpc) is 1.91. The summed E-state index contributed by atoms with van der Waals surface area (Å²) in [5.41, 5.74) is 0.231. The van der Waals surface area contributed by atoms with Crippen molar-refractivity contribution in [3.63, 3.8) is 0 Å². The van der Waals surface area contributed by atoms with Crippen molar-refractivity contribution in [1.29, 1.82) is 0 Å². The van der Waals surface area contributed by atoms with Crippen molar-refractivity contribution in [2.45, 2.75) is 26.7 Å². The van der Waals surface area contributed by atoms with Gasteiger partial charge in [0.05, 0.1) is 0 Å². The van der Waals surface area contributed by atoms with Gasteiger partial charge in [0.2, 0.25) is 0 Å². The van der Waals surface area contributed by atoms with Crippen LogP contribution in [0, 0.1) is 5.41 Å². The van der Waals surface area contributed by atoms with Crippen molar-refractivity contribution in [3.05, 3.63) is 0 Å². The third kappa shape index (κ3) is 6.13. The van der Waals surface area contributed by atoms with Crippen molar-refractivity contribution in [3.8, 4) is 0 Å². The molecule has 1 nitrogen and oxygen atoms in total. The first-order valence-electron chi connectivity index (χ1n) is 4.72. The fraction of sp³-hybridized carbons (Fsp3) is 1.00. The molecule has 6 heteroatoms. The zero-order chi connectivity index (χ0) is 10.1. The fourth-order valence-electron chi connectivity index (χ4n) is 1.63. The number of hydrogen-bond donors (Lipinski definition) is 0. The predicted octanol–water partition coefficient (Wildman–Crippen LogP) is -0.501. The van der Waals surface area contributed by atoms with Gasteiger partial charge in [0.25, 0.3) is 0 Å². The van der Waals surface area contributed by atoms with Crippen LogP contribution in [0.3, 0.4) is 0 Å². The van der Waals surface area contributed by atoms with Crippen LogP contribution in [0.5, 0.6) is 0 Å². The standard InChI is InChI=1S/C8H16BF3N.K/c1-8(2)3-5-13(6-4-8)7-9(10,11)12;/h3-7H2,1-2H3;/q-1;+1. The minimum absolute atomic E-state index is 0. The Labute approximate surface area is 126 Å². The minimum Gasteiger partial charge on any atom is -0.448 e. The molecular weight excluding hydrogens is 217 g/mol. The van der Waals surface area contributed by atoms with Gasteiger partial charge in [-0.25, -0.2) is 0 Å². The molecule has 14 heavy (non-hydrogen) atoms. The number of hydrogen-bond acceptors (Lipinski definition) is 1. The van der Waals surface area contributed by atoms with E-state index in [-0.39, 0.29) is 56.8 Å². The summed E-state index contributed by atoms with van der Waals surface area (Å²) in [5.74, 6) is 0. The van der Waals surface area contributed by atoms with Crippen LogP contribution < -0.4 is 51.4 Å². The molecule has 0 amide bonds. The van der Waals surface area contributed by atoms with Crippen molar-refractivity contribution < 1.29 is 64.3 Å². The summed E-state index contributed by atoms with van der Waals surface area (Å²) in [4.78, 5) is 1.52. The number of likely N-dealkylation sites (tertiary alicyclic amines) is 1. The van der Waals surface area contributed by atoms with Gasteiger partial charge in [0.1, 0.15) is 0 Å². The molecule has 1 rings (SSSR count). The summed E-state index contributed by atoms with van der Waals surface area (Å²) in [6.07, 6.45) is 1.06. The second-order valence-electron chi connectivity index (χ2n) is 4.68. The first-order valence-corrected chi connectivity index (χ1v) is 4.72. The van der Waals surface area contributed by atoms with Gasteiger partial charge < -0.3 is 17.8 Å². The Morgan fingerprint density at radius 1 is 1.14 bits per heavy atom. The SMILES string of the molecule is CC1(C)CCN(C[B-](F)(F)F)CC1.[K+]. The van der Waals surface area contributed by atoms with E-state index < -0.39 is 13.4 Å². The minimum atomic E-state index is -4.64. The molecule has 0 unspecified atom stereocenters. The van der Waals surface area contributed by atoms with Gasteiger partial charge in [-0.15, -0.1) is 0 Å². The monoisotopic (exact) mass is 233 g/mol. The van der Waals surface area contributed by atoms with E-state index in [2.05, 4.69) is 13.8 Å². The third-order valence-corrected chi connectivity index (χ3v) is 2.67. The molecule has 1 fully saturated rings. The Hall–Kier alpha value is 1.45. The van der Waals surface area contributed by atoms with Gasteiger partial charge in [0, 0.05) is 0 Å². The molecule has 0 N–H and O–H groups in total. The molecule has 78 valence electrons. The molecule has 1 saturated heterocycles. The van der Waals surface area contributed by atoms with E-state index in [0.717, 1.165) is 12.8 Å². The number of nitrogens with zero attached hydrogens (tertiary/aromatic N) is 1. The van der Waals surface area contributed by atoms with Crippen LogP contribution in [0.25, 0.3) is 0 Å². The van der Waals surface area contributed by atoms with E-state index in [4.69, 9.17) is 0 Å². The quantitative estimate of drug-likeness (QED) is 0.581. The molecule has 0 bridgehead atoms. The summed E-state index contributed by atoms with van der Waals surface area (Å²) in [6, 6.07) is 0. The van der Waals surface area contributed by atoms with Crippen molar-refractivity contribution in [2.24, 2.45) is 5.41 Å². The smallest absolute Gasteiger partial charge is 0.448 e. The van der Waals surface area contributed by atoms with Gasteiger partial charge in [-0.1, -0.05) is 13.8 Å². The van der Waals surface area contributed by atoms with Gasteiger partial charge in [0.15, 0.2) is 0 Å².